The monoisotopic (exact) mass is 243 g/mol. The van der Waals surface area contributed by atoms with Gasteiger partial charge in [0.25, 0.3) is 0 Å². The van der Waals surface area contributed by atoms with E-state index < -0.39 is 0 Å². The zero-order valence-electron chi connectivity index (χ0n) is 10.9. The van der Waals surface area contributed by atoms with Crippen molar-refractivity contribution in [1.82, 2.24) is 9.78 Å². The summed E-state index contributed by atoms with van der Waals surface area (Å²) in [5, 5.41) is 4.30. The van der Waals surface area contributed by atoms with Crippen LogP contribution in [0.15, 0.2) is 35.5 Å². The predicted octanol–water partition coefficient (Wildman–Crippen LogP) is 2.91. The van der Waals surface area contributed by atoms with Crippen LogP contribution in [0.3, 0.4) is 0 Å². The lowest BCUT2D eigenvalue weighted by atomic mass is 10.2. The van der Waals surface area contributed by atoms with Crippen molar-refractivity contribution in [3.63, 3.8) is 0 Å². The maximum atomic E-state index is 5.35. The van der Waals surface area contributed by atoms with Crippen molar-refractivity contribution in [3.05, 3.63) is 41.7 Å². The Hall–Kier alpha value is -2.10. The second-order valence-corrected chi connectivity index (χ2v) is 4.12. The zero-order chi connectivity index (χ0) is 13.0. The van der Waals surface area contributed by atoms with Crippen LogP contribution >= 0.6 is 0 Å². The Bertz CT molecular complexity index is 558. The molecule has 0 spiro atoms. The highest BCUT2D eigenvalue weighted by Gasteiger charge is 2.03. The first kappa shape index (κ1) is 12.4. The molecule has 0 saturated heterocycles. The van der Waals surface area contributed by atoms with Crippen molar-refractivity contribution < 1.29 is 4.74 Å². The fourth-order valence-corrected chi connectivity index (χ4v) is 1.79. The summed E-state index contributed by atoms with van der Waals surface area (Å²) in [5.41, 5.74) is 2.94. The molecule has 0 amide bonds. The molecule has 0 aliphatic heterocycles. The molecular weight excluding hydrogens is 226 g/mol. The van der Waals surface area contributed by atoms with Crippen molar-refractivity contribution in [2.24, 2.45) is 4.99 Å². The molecule has 1 heterocycles. The number of aromatic nitrogens is 2. The Morgan fingerprint density at radius 3 is 2.83 bits per heavy atom. The van der Waals surface area contributed by atoms with Crippen LogP contribution in [0.2, 0.25) is 0 Å². The number of benzene rings is 1. The molecular formula is C14H17N3O. The van der Waals surface area contributed by atoms with Gasteiger partial charge < -0.3 is 4.74 Å². The molecule has 2 rings (SSSR count). The van der Waals surface area contributed by atoms with Gasteiger partial charge in [0.2, 0.25) is 0 Å². The maximum absolute atomic E-state index is 5.35. The van der Waals surface area contributed by atoms with Crippen molar-refractivity contribution in [3.8, 4) is 5.75 Å². The van der Waals surface area contributed by atoms with Crippen LogP contribution in [-0.2, 0) is 6.54 Å². The van der Waals surface area contributed by atoms with E-state index in [0.717, 1.165) is 22.7 Å². The van der Waals surface area contributed by atoms with Crippen LogP contribution in [0.25, 0.3) is 0 Å². The first-order chi connectivity index (χ1) is 8.70. The van der Waals surface area contributed by atoms with Gasteiger partial charge in [-0.2, -0.15) is 5.10 Å². The summed E-state index contributed by atoms with van der Waals surface area (Å²) in [6.45, 7) is 4.64. The average molecular weight is 243 g/mol. The lowest BCUT2D eigenvalue weighted by Gasteiger charge is -2.06. The van der Waals surface area contributed by atoms with Crippen LogP contribution in [0.5, 0.6) is 5.75 Å². The molecule has 0 aliphatic carbocycles. The maximum Gasteiger partial charge on any atom is 0.147 e. The number of rotatable bonds is 4. The molecule has 0 aliphatic rings. The van der Waals surface area contributed by atoms with Crippen molar-refractivity contribution >= 4 is 11.9 Å². The molecule has 0 N–H and O–H groups in total. The molecule has 4 heteroatoms. The molecule has 0 unspecified atom stereocenters. The number of hydrogen-bond acceptors (Lipinski definition) is 3. The summed E-state index contributed by atoms with van der Waals surface area (Å²) in [5.74, 6) is 0.824. The molecule has 0 bridgehead atoms. The number of methoxy groups -OCH3 is 1. The summed E-state index contributed by atoms with van der Waals surface area (Å²) >= 11 is 0. The number of aliphatic imine (C=N–C) groups is 1. The Labute approximate surface area is 107 Å². The number of ether oxygens (including phenoxy) is 1. The molecule has 1 aromatic heterocycles. The predicted molar refractivity (Wildman–Crippen MR) is 72.8 cm³/mol. The third-order valence-corrected chi connectivity index (χ3v) is 2.67. The third-order valence-electron chi connectivity index (χ3n) is 2.67. The summed E-state index contributed by atoms with van der Waals surface area (Å²) < 4.78 is 7.20. The SMILES string of the molecule is COc1c(C)cccc1N=CCn1ccc(C)n1. The summed E-state index contributed by atoms with van der Waals surface area (Å²) in [4.78, 5) is 4.43. The minimum atomic E-state index is 0.658. The molecule has 2 aromatic rings. The van der Waals surface area contributed by atoms with Gasteiger partial charge in [0, 0.05) is 12.4 Å². The molecule has 0 radical (unpaired) electrons. The largest absolute Gasteiger partial charge is 0.494 e. The van der Waals surface area contributed by atoms with Crippen molar-refractivity contribution in [2.45, 2.75) is 20.4 Å². The van der Waals surface area contributed by atoms with Gasteiger partial charge in [-0.3, -0.25) is 9.67 Å². The van der Waals surface area contributed by atoms with Gasteiger partial charge in [0.05, 0.1) is 19.3 Å². The van der Waals surface area contributed by atoms with E-state index in [1.807, 2.05) is 55.2 Å². The van der Waals surface area contributed by atoms with Gasteiger partial charge in [-0.25, -0.2) is 0 Å². The Balaban J connectivity index is 2.11. The van der Waals surface area contributed by atoms with Crippen LogP contribution in [0, 0.1) is 13.8 Å². The van der Waals surface area contributed by atoms with Gasteiger partial charge >= 0.3 is 0 Å². The van der Waals surface area contributed by atoms with E-state index in [2.05, 4.69) is 10.1 Å². The fraction of sp³-hybridized carbons (Fsp3) is 0.286. The topological polar surface area (TPSA) is 39.4 Å². The quantitative estimate of drug-likeness (QED) is 0.774. The van der Waals surface area contributed by atoms with E-state index in [4.69, 9.17) is 4.74 Å². The highest BCUT2D eigenvalue weighted by molar-refractivity contribution is 5.67. The van der Waals surface area contributed by atoms with E-state index in [0.29, 0.717) is 6.54 Å². The van der Waals surface area contributed by atoms with Crippen LogP contribution in [0.4, 0.5) is 5.69 Å². The van der Waals surface area contributed by atoms with Gasteiger partial charge in [-0.15, -0.1) is 0 Å². The summed E-state index contributed by atoms with van der Waals surface area (Å²) in [6, 6.07) is 7.90. The molecule has 4 nitrogen and oxygen atoms in total. The molecule has 18 heavy (non-hydrogen) atoms. The Morgan fingerprint density at radius 1 is 1.33 bits per heavy atom. The first-order valence-electron chi connectivity index (χ1n) is 5.87. The highest BCUT2D eigenvalue weighted by Crippen LogP contribution is 2.30. The summed E-state index contributed by atoms with van der Waals surface area (Å²) in [7, 11) is 1.66. The number of aryl methyl sites for hydroxylation is 2. The minimum Gasteiger partial charge on any atom is -0.494 e. The normalized spacial score (nSPS) is 11.1. The molecule has 0 atom stereocenters. The van der Waals surface area contributed by atoms with Gasteiger partial charge in [0.15, 0.2) is 0 Å². The fourth-order valence-electron chi connectivity index (χ4n) is 1.79. The number of nitrogens with zero attached hydrogens (tertiary/aromatic N) is 3. The summed E-state index contributed by atoms with van der Waals surface area (Å²) in [6.07, 6.45) is 3.78. The number of para-hydroxylation sites is 1. The van der Waals surface area contributed by atoms with Crippen LogP contribution in [0.1, 0.15) is 11.3 Å². The standard InChI is InChI=1S/C14H17N3O/c1-11-5-4-6-13(14(11)18-3)15-8-10-17-9-7-12(2)16-17/h4-9H,10H2,1-3H3. The molecule has 94 valence electrons. The molecule has 0 saturated carbocycles. The van der Waals surface area contributed by atoms with Gasteiger partial charge in [-0.05, 0) is 31.5 Å². The highest BCUT2D eigenvalue weighted by atomic mass is 16.5. The van der Waals surface area contributed by atoms with Crippen LogP contribution < -0.4 is 4.74 Å². The molecule has 0 fully saturated rings. The minimum absolute atomic E-state index is 0.658. The average Bonchev–Trinajstić information content (AvgIpc) is 2.75. The second-order valence-electron chi connectivity index (χ2n) is 4.12. The van der Waals surface area contributed by atoms with E-state index in [1.54, 1.807) is 7.11 Å². The lowest BCUT2D eigenvalue weighted by molar-refractivity contribution is 0.413. The zero-order valence-corrected chi connectivity index (χ0v) is 10.9. The smallest absolute Gasteiger partial charge is 0.147 e. The van der Waals surface area contributed by atoms with Crippen LogP contribution in [-0.4, -0.2) is 23.1 Å². The van der Waals surface area contributed by atoms with E-state index >= 15 is 0 Å². The Morgan fingerprint density at radius 2 is 2.17 bits per heavy atom. The number of hydrogen-bond donors (Lipinski definition) is 0. The second kappa shape index (κ2) is 5.49. The molecule has 1 aromatic carbocycles. The first-order valence-corrected chi connectivity index (χ1v) is 5.87. The Kier molecular flexibility index (Phi) is 3.77. The van der Waals surface area contributed by atoms with E-state index in [1.165, 1.54) is 0 Å². The van der Waals surface area contributed by atoms with Crippen molar-refractivity contribution in [1.29, 1.82) is 0 Å². The third kappa shape index (κ3) is 2.77. The lowest BCUT2D eigenvalue weighted by Crippen LogP contribution is -1.99. The van der Waals surface area contributed by atoms with Gasteiger partial charge in [0.1, 0.15) is 11.4 Å². The van der Waals surface area contributed by atoms with E-state index in [-0.39, 0.29) is 0 Å². The van der Waals surface area contributed by atoms with E-state index in [9.17, 15) is 0 Å². The van der Waals surface area contributed by atoms with Gasteiger partial charge in [-0.1, -0.05) is 12.1 Å². The van der Waals surface area contributed by atoms with Crippen molar-refractivity contribution in [2.75, 3.05) is 7.11 Å².